The number of H-pyrrole nitrogens is 1. The highest BCUT2D eigenvalue weighted by Gasteiger charge is 2.35. The Balaban J connectivity index is 1.53. The van der Waals surface area contributed by atoms with Crippen LogP contribution in [-0.4, -0.2) is 50.6 Å². The van der Waals surface area contributed by atoms with Gasteiger partial charge in [-0.2, -0.15) is 0 Å². The Kier molecular flexibility index (Phi) is 4.14. The van der Waals surface area contributed by atoms with Crippen molar-refractivity contribution in [3.05, 3.63) is 41.4 Å². The zero-order valence-electron chi connectivity index (χ0n) is 16.7. The van der Waals surface area contributed by atoms with Crippen molar-refractivity contribution in [1.82, 2.24) is 30.2 Å². The molecule has 1 aliphatic heterocycles. The highest BCUT2D eigenvalue weighted by Crippen LogP contribution is 2.37. The fourth-order valence-corrected chi connectivity index (χ4v) is 4.73. The molecule has 152 valence electrons. The van der Waals surface area contributed by atoms with Crippen LogP contribution in [0.15, 0.2) is 30.7 Å². The molecule has 0 spiro atoms. The summed E-state index contributed by atoms with van der Waals surface area (Å²) in [6.07, 6.45) is 8.05. The topological polar surface area (TPSA) is 82.6 Å². The number of aromatic amines is 1. The molecule has 2 aliphatic rings. The highest BCUT2D eigenvalue weighted by atomic mass is 35.5. The summed E-state index contributed by atoms with van der Waals surface area (Å²) in [5.41, 5.74) is 3.37. The van der Waals surface area contributed by atoms with Crippen molar-refractivity contribution in [2.45, 2.75) is 25.8 Å². The molecular weight excluding hydrogens is 398 g/mol. The SMILES string of the molecule is Cc1[nH]c2nccc(-c3nc(N4CCNC(C5CC5)C4)c4ccncc4n3)c2c1Cl. The first kappa shape index (κ1) is 18.0. The predicted octanol–water partition coefficient (Wildman–Crippen LogP) is 3.72. The molecule has 2 fully saturated rings. The third-order valence-corrected chi connectivity index (χ3v) is 6.69. The molecule has 1 atom stereocenters. The number of hydrogen-bond acceptors (Lipinski definition) is 6. The molecule has 4 aromatic rings. The van der Waals surface area contributed by atoms with E-state index in [1.165, 1.54) is 12.8 Å². The quantitative estimate of drug-likeness (QED) is 0.526. The van der Waals surface area contributed by atoms with Gasteiger partial charge in [-0.1, -0.05) is 11.6 Å². The Morgan fingerprint density at radius 3 is 2.93 bits per heavy atom. The number of nitrogens with zero attached hydrogens (tertiary/aromatic N) is 5. The Labute approximate surface area is 178 Å². The highest BCUT2D eigenvalue weighted by molar-refractivity contribution is 6.37. The van der Waals surface area contributed by atoms with Gasteiger partial charge in [-0.25, -0.2) is 15.0 Å². The van der Waals surface area contributed by atoms with Crippen LogP contribution in [0.25, 0.3) is 33.3 Å². The average Bonchev–Trinajstić information content (AvgIpc) is 3.59. The number of rotatable bonds is 3. The molecule has 6 rings (SSSR count). The second kappa shape index (κ2) is 6.89. The molecule has 0 amide bonds. The smallest absolute Gasteiger partial charge is 0.163 e. The lowest BCUT2D eigenvalue weighted by atomic mass is 10.1. The molecule has 8 heteroatoms. The Morgan fingerprint density at radius 1 is 1.17 bits per heavy atom. The summed E-state index contributed by atoms with van der Waals surface area (Å²) < 4.78 is 0. The van der Waals surface area contributed by atoms with Gasteiger partial charge < -0.3 is 15.2 Å². The van der Waals surface area contributed by atoms with E-state index in [-0.39, 0.29) is 0 Å². The summed E-state index contributed by atoms with van der Waals surface area (Å²) in [6, 6.07) is 4.48. The fourth-order valence-electron chi connectivity index (χ4n) is 4.50. The van der Waals surface area contributed by atoms with Crippen LogP contribution in [0.1, 0.15) is 18.5 Å². The summed E-state index contributed by atoms with van der Waals surface area (Å²) >= 11 is 6.61. The molecule has 2 N–H and O–H groups in total. The minimum absolute atomic E-state index is 0.531. The molecule has 5 heterocycles. The van der Waals surface area contributed by atoms with Crippen LogP contribution < -0.4 is 10.2 Å². The van der Waals surface area contributed by atoms with Gasteiger partial charge in [-0.15, -0.1) is 0 Å². The molecule has 1 saturated carbocycles. The van der Waals surface area contributed by atoms with Gasteiger partial charge in [0.05, 0.1) is 16.7 Å². The van der Waals surface area contributed by atoms with Gasteiger partial charge in [0, 0.05) is 60.1 Å². The molecule has 1 aliphatic carbocycles. The van der Waals surface area contributed by atoms with Crippen LogP contribution in [0.3, 0.4) is 0 Å². The Morgan fingerprint density at radius 2 is 2.07 bits per heavy atom. The lowest BCUT2D eigenvalue weighted by molar-refractivity contribution is 0.418. The van der Waals surface area contributed by atoms with Crippen molar-refractivity contribution in [2.24, 2.45) is 5.92 Å². The van der Waals surface area contributed by atoms with E-state index in [0.29, 0.717) is 16.9 Å². The normalized spacial score (nSPS) is 19.7. The predicted molar refractivity (Wildman–Crippen MR) is 119 cm³/mol. The molecule has 0 aromatic carbocycles. The molecule has 0 bridgehead atoms. The molecule has 7 nitrogen and oxygen atoms in total. The average molecular weight is 420 g/mol. The minimum atomic E-state index is 0.531. The van der Waals surface area contributed by atoms with Crippen LogP contribution >= 0.6 is 11.6 Å². The van der Waals surface area contributed by atoms with Crippen molar-refractivity contribution in [3.63, 3.8) is 0 Å². The van der Waals surface area contributed by atoms with Gasteiger partial charge in [-0.05, 0) is 37.8 Å². The van der Waals surface area contributed by atoms with E-state index < -0.39 is 0 Å². The van der Waals surface area contributed by atoms with Crippen LogP contribution in [0.4, 0.5) is 5.82 Å². The van der Waals surface area contributed by atoms with Gasteiger partial charge >= 0.3 is 0 Å². The first-order valence-corrected chi connectivity index (χ1v) is 10.8. The lowest BCUT2D eigenvalue weighted by Gasteiger charge is -2.35. The maximum absolute atomic E-state index is 6.61. The summed E-state index contributed by atoms with van der Waals surface area (Å²) in [4.78, 5) is 24.3. The number of fused-ring (bicyclic) bond motifs is 2. The van der Waals surface area contributed by atoms with Crippen LogP contribution in [0, 0.1) is 12.8 Å². The van der Waals surface area contributed by atoms with Crippen LogP contribution in [0.5, 0.6) is 0 Å². The minimum Gasteiger partial charge on any atom is -0.353 e. The van der Waals surface area contributed by atoms with Crippen molar-refractivity contribution in [3.8, 4) is 11.4 Å². The number of aryl methyl sites for hydroxylation is 1. The van der Waals surface area contributed by atoms with E-state index in [0.717, 1.165) is 64.6 Å². The van der Waals surface area contributed by atoms with E-state index in [1.54, 1.807) is 6.20 Å². The van der Waals surface area contributed by atoms with Gasteiger partial charge in [-0.3, -0.25) is 4.98 Å². The molecule has 0 radical (unpaired) electrons. The lowest BCUT2D eigenvalue weighted by Crippen LogP contribution is -2.52. The second-order valence-corrected chi connectivity index (χ2v) is 8.63. The third kappa shape index (κ3) is 2.92. The molecule has 4 aromatic heterocycles. The number of anilines is 1. The number of halogens is 1. The number of aromatic nitrogens is 5. The van der Waals surface area contributed by atoms with E-state index >= 15 is 0 Å². The van der Waals surface area contributed by atoms with Gasteiger partial charge in [0.25, 0.3) is 0 Å². The maximum atomic E-state index is 6.61. The number of hydrogen-bond donors (Lipinski definition) is 2. The monoisotopic (exact) mass is 419 g/mol. The molecule has 30 heavy (non-hydrogen) atoms. The van der Waals surface area contributed by atoms with E-state index in [2.05, 4.69) is 25.2 Å². The summed E-state index contributed by atoms with van der Waals surface area (Å²) in [6.45, 7) is 4.81. The molecule has 1 unspecified atom stereocenters. The number of pyridine rings is 2. The first-order valence-electron chi connectivity index (χ1n) is 10.4. The Hall–Kier alpha value is -2.77. The summed E-state index contributed by atoms with van der Waals surface area (Å²) in [5.74, 6) is 2.42. The van der Waals surface area contributed by atoms with E-state index in [1.807, 2.05) is 31.5 Å². The van der Waals surface area contributed by atoms with E-state index in [9.17, 15) is 0 Å². The maximum Gasteiger partial charge on any atom is 0.163 e. The Bertz CT molecular complexity index is 1260. The van der Waals surface area contributed by atoms with Gasteiger partial charge in [0.1, 0.15) is 11.5 Å². The molecular formula is C22H22ClN7. The molecule has 1 saturated heterocycles. The zero-order chi connectivity index (χ0) is 20.2. The van der Waals surface area contributed by atoms with Crippen molar-refractivity contribution in [1.29, 1.82) is 0 Å². The number of piperazine rings is 1. The zero-order valence-corrected chi connectivity index (χ0v) is 17.4. The fraction of sp³-hybridized carbons (Fsp3) is 0.364. The largest absolute Gasteiger partial charge is 0.353 e. The van der Waals surface area contributed by atoms with Crippen LogP contribution in [-0.2, 0) is 0 Å². The van der Waals surface area contributed by atoms with Crippen molar-refractivity contribution in [2.75, 3.05) is 24.5 Å². The third-order valence-electron chi connectivity index (χ3n) is 6.22. The summed E-state index contributed by atoms with van der Waals surface area (Å²) in [5, 5.41) is 6.25. The van der Waals surface area contributed by atoms with E-state index in [4.69, 9.17) is 21.6 Å². The number of nitrogens with one attached hydrogen (secondary N) is 2. The standard InChI is InChI=1S/C22H22ClN7/c1-12-19(23)18-15(5-7-26-21(18)27-12)20-28-16-10-24-6-4-14(16)22(29-20)30-9-8-25-17(11-30)13-2-3-13/h4-7,10,13,17,25H,2-3,8-9,11H2,1H3,(H,26,27). The van der Waals surface area contributed by atoms with Gasteiger partial charge in [0.2, 0.25) is 0 Å². The van der Waals surface area contributed by atoms with Crippen molar-refractivity contribution >= 4 is 39.4 Å². The van der Waals surface area contributed by atoms with Gasteiger partial charge in [0.15, 0.2) is 5.82 Å². The van der Waals surface area contributed by atoms with Crippen LogP contribution in [0.2, 0.25) is 5.02 Å². The summed E-state index contributed by atoms with van der Waals surface area (Å²) in [7, 11) is 0. The van der Waals surface area contributed by atoms with Crippen molar-refractivity contribution < 1.29 is 0 Å². The second-order valence-electron chi connectivity index (χ2n) is 8.25. The first-order chi connectivity index (χ1) is 14.7.